The van der Waals surface area contributed by atoms with Crippen LogP contribution in [-0.4, -0.2) is 29.9 Å². The highest BCUT2D eigenvalue weighted by molar-refractivity contribution is 5.77. The zero-order chi connectivity index (χ0) is 12.3. The van der Waals surface area contributed by atoms with Gasteiger partial charge >= 0.3 is 0 Å². The molecule has 98 valence electrons. The van der Waals surface area contributed by atoms with Gasteiger partial charge in [-0.05, 0) is 44.6 Å². The molecule has 1 saturated heterocycles. The number of carbonyl (C=O) groups excluding carboxylic acids is 1. The summed E-state index contributed by atoms with van der Waals surface area (Å²) in [7, 11) is 0. The largest absolute Gasteiger partial charge is 0.340 e. The van der Waals surface area contributed by atoms with Crippen LogP contribution in [0, 0.1) is 5.41 Å². The molecule has 2 fully saturated rings. The van der Waals surface area contributed by atoms with Gasteiger partial charge in [0.15, 0.2) is 0 Å². The Hall–Kier alpha value is -0.570. The molecule has 0 aromatic heterocycles. The van der Waals surface area contributed by atoms with E-state index in [0.29, 0.717) is 24.9 Å². The summed E-state index contributed by atoms with van der Waals surface area (Å²) in [6.45, 7) is 3.83. The van der Waals surface area contributed by atoms with Gasteiger partial charge in [-0.2, -0.15) is 0 Å². The fraction of sp³-hybridized carbons (Fsp3) is 0.929. The van der Waals surface area contributed by atoms with Crippen LogP contribution in [0.3, 0.4) is 0 Å². The van der Waals surface area contributed by atoms with Crippen LogP contribution in [0.1, 0.15) is 58.3 Å². The average Bonchev–Trinajstić information content (AvgIpc) is 2.48. The van der Waals surface area contributed by atoms with Crippen molar-refractivity contribution in [2.75, 3.05) is 13.1 Å². The molecule has 17 heavy (non-hydrogen) atoms. The lowest BCUT2D eigenvalue weighted by Gasteiger charge is -2.42. The Balaban J connectivity index is 1.93. The van der Waals surface area contributed by atoms with E-state index in [2.05, 4.69) is 11.8 Å². The van der Waals surface area contributed by atoms with Gasteiger partial charge in [0.2, 0.25) is 5.91 Å². The standard InChI is InChI=1S/C14H26N2O/c1-12-6-3-2-4-9-16(12)13(17)10-14(11-15)7-5-8-14/h12H,2-11,15H2,1H3. The van der Waals surface area contributed by atoms with Gasteiger partial charge in [-0.3, -0.25) is 4.79 Å². The van der Waals surface area contributed by atoms with E-state index in [4.69, 9.17) is 5.73 Å². The van der Waals surface area contributed by atoms with Crippen LogP contribution < -0.4 is 5.73 Å². The molecule has 1 aliphatic carbocycles. The minimum atomic E-state index is 0.156. The summed E-state index contributed by atoms with van der Waals surface area (Å²) in [6.07, 6.45) is 9.12. The first-order valence-corrected chi connectivity index (χ1v) is 7.16. The van der Waals surface area contributed by atoms with E-state index in [1.165, 1.54) is 32.1 Å². The Labute approximate surface area is 105 Å². The molecule has 1 aliphatic heterocycles. The minimum absolute atomic E-state index is 0.156. The number of rotatable bonds is 3. The average molecular weight is 238 g/mol. The van der Waals surface area contributed by atoms with Gasteiger partial charge in [-0.25, -0.2) is 0 Å². The summed E-state index contributed by atoms with van der Waals surface area (Å²) in [5.41, 5.74) is 6.00. The van der Waals surface area contributed by atoms with E-state index in [0.717, 1.165) is 19.4 Å². The molecule has 1 atom stereocenters. The number of carbonyl (C=O) groups is 1. The van der Waals surface area contributed by atoms with Crippen molar-refractivity contribution >= 4 is 5.91 Å². The molecule has 1 heterocycles. The van der Waals surface area contributed by atoms with Gasteiger partial charge in [0, 0.05) is 19.0 Å². The molecular formula is C14H26N2O. The van der Waals surface area contributed by atoms with Gasteiger partial charge in [-0.1, -0.05) is 19.3 Å². The molecule has 2 N–H and O–H groups in total. The summed E-state index contributed by atoms with van der Waals surface area (Å²) < 4.78 is 0. The molecule has 0 bridgehead atoms. The molecule has 1 amide bonds. The van der Waals surface area contributed by atoms with Crippen molar-refractivity contribution in [3.8, 4) is 0 Å². The molecule has 0 radical (unpaired) electrons. The molecule has 2 aliphatic rings. The maximum absolute atomic E-state index is 12.4. The quantitative estimate of drug-likeness (QED) is 0.820. The van der Waals surface area contributed by atoms with Crippen molar-refractivity contribution in [3.63, 3.8) is 0 Å². The fourth-order valence-electron chi connectivity index (χ4n) is 3.20. The van der Waals surface area contributed by atoms with E-state index in [1.54, 1.807) is 0 Å². The van der Waals surface area contributed by atoms with Gasteiger partial charge in [0.05, 0.1) is 0 Å². The Morgan fingerprint density at radius 2 is 2.06 bits per heavy atom. The van der Waals surface area contributed by atoms with Gasteiger partial charge in [0.25, 0.3) is 0 Å². The minimum Gasteiger partial charge on any atom is -0.340 e. The van der Waals surface area contributed by atoms with E-state index in [-0.39, 0.29) is 5.41 Å². The second-order valence-corrected chi connectivity index (χ2v) is 6.02. The summed E-state index contributed by atoms with van der Waals surface area (Å²) in [4.78, 5) is 14.5. The van der Waals surface area contributed by atoms with Crippen LogP contribution in [0.15, 0.2) is 0 Å². The van der Waals surface area contributed by atoms with Crippen LogP contribution in [0.2, 0.25) is 0 Å². The SMILES string of the molecule is CC1CCCCCN1C(=O)CC1(CN)CCC1. The monoisotopic (exact) mass is 238 g/mol. The molecule has 0 aromatic carbocycles. The fourth-order valence-corrected chi connectivity index (χ4v) is 3.20. The third-order valence-electron chi connectivity index (χ3n) is 4.75. The van der Waals surface area contributed by atoms with E-state index in [9.17, 15) is 4.79 Å². The maximum atomic E-state index is 12.4. The van der Waals surface area contributed by atoms with Crippen LogP contribution in [0.4, 0.5) is 0 Å². The summed E-state index contributed by atoms with van der Waals surface area (Å²) in [5.74, 6) is 0.351. The topological polar surface area (TPSA) is 46.3 Å². The lowest BCUT2D eigenvalue weighted by atomic mass is 9.66. The first-order valence-electron chi connectivity index (χ1n) is 7.16. The number of likely N-dealkylation sites (tertiary alicyclic amines) is 1. The third kappa shape index (κ3) is 2.82. The molecule has 3 heteroatoms. The van der Waals surface area contributed by atoms with E-state index >= 15 is 0 Å². The highest BCUT2D eigenvalue weighted by atomic mass is 16.2. The summed E-state index contributed by atoms with van der Waals surface area (Å²) in [5, 5.41) is 0. The Morgan fingerprint density at radius 1 is 1.29 bits per heavy atom. The number of hydrogen-bond acceptors (Lipinski definition) is 2. The van der Waals surface area contributed by atoms with Crippen molar-refractivity contribution in [3.05, 3.63) is 0 Å². The Bertz CT molecular complexity index is 268. The van der Waals surface area contributed by atoms with Crippen LogP contribution in [0.5, 0.6) is 0 Å². The molecular weight excluding hydrogens is 212 g/mol. The molecule has 1 unspecified atom stereocenters. The predicted molar refractivity (Wildman–Crippen MR) is 69.6 cm³/mol. The number of nitrogens with two attached hydrogens (primary N) is 1. The molecule has 0 aromatic rings. The first-order chi connectivity index (χ1) is 8.17. The Kier molecular flexibility index (Phi) is 4.08. The number of hydrogen-bond donors (Lipinski definition) is 1. The highest BCUT2D eigenvalue weighted by Gasteiger charge is 2.39. The van der Waals surface area contributed by atoms with Crippen molar-refractivity contribution < 1.29 is 4.79 Å². The summed E-state index contributed by atoms with van der Waals surface area (Å²) >= 11 is 0. The van der Waals surface area contributed by atoms with Crippen molar-refractivity contribution in [2.24, 2.45) is 11.1 Å². The molecule has 0 spiro atoms. The predicted octanol–water partition coefficient (Wildman–Crippen LogP) is 2.30. The number of amides is 1. The normalized spacial score (nSPS) is 28.4. The zero-order valence-electron chi connectivity index (χ0n) is 11.1. The second kappa shape index (κ2) is 5.38. The zero-order valence-corrected chi connectivity index (χ0v) is 11.1. The highest BCUT2D eigenvalue weighted by Crippen LogP contribution is 2.43. The van der Waals surface area contributed by atoms with Crippen molar-refractivity contribution in [1.82, 2.24) is 4.90 Å². The smallest absolute Gasteiger partial charge is 0.223 e. The van der Waals surface area contributed by atoms with Crippen molar-refractivity contribution in [2.45, 2.75) is 64.3 Å². The number of nitrogens with zero attached hydrogens (tertiary/aromatic N) is 1. The lowest BCUT2D eigenvalue weighted by molar-refractivity contribution is -0.137. The Morgan fingerprint density at radius 3 is 2.65 bits per heavy atom. The second-order valence-electron chi connectivity index (χ2n) is 6.02. The third-order valence-corrected chi connectivity index (χ3v) is 4.75. The molecule has 1 saturated carbocycles. The first kappa shape index (κ1) is 12.9. The maximum Gasteiger partial charge on any atom is 0.223 e. The van der Waals surface area contributed by atoms with Crippen LogP contribution in [-0.2, 0) is 4.79 Å². The molecule has 3 nitrogen and oxygen atoms in total. The lowest BCUT2D eigenvalue weighted by Crippen LogP contribution is -2.45. The van der Waals surface area contributed by atoms with Gasteiger partial charge < -0.3 is 10.6 Å². The van der Waals surface area contributed by atoms with Crippen LogP contribution in [0.25, 0.3) is 0 Å². The van der Waals surface area contributed by atoms with E-state index in [1.807, 2.05) is 0 Å². The summed E-state index contributed by atoms with van der Waals surface area (Å²) in [6, 6.07) is 0.430. The van der Waals surface area contributed by atoms with Crippen LogP contribution >= 0.6 is 0 Å². The van der Waals surface area contributed by atoms with E-state index < -0.39 is 0 Å². The van der Waals surface area contributed by atoms with Gasteiger partial charge in [0.1, 0.15) is 0 Å². The van der Waals surface area contributed by atoms with Crippen molar-refractivity contribution in [1.29, 1.82) is 0 Å². The van der Waals surface area contributed by atoms with Gasteiger partial charge in [-0.15, -0.1) is 0 Å². The molecule has 2 rings (SSSR count).